The largest absolute Gasteiger partial charge is 0.523 e. The Morgan fingerprint density at radius 1 is 1.09 bits per heavy atom. The van der Waals surface area contributed by atoms with Crippen molar-refractivity contribution in [2.24, 2.45) is 5.92 Å². The number of ether oxygens (including phenoxy) is 3. The Morgan fingerprint density at radius 3 is 2.34 bits per heavy atom. The van der Waals surface area contributed by atoms with E-state index in [0.717, 1.165) is 31.5 Å². The van der Waals surface area contributed by atoms with Gasteiger partial charge >= 0.3 is 11.9 Å². The van der Waals surface area contributed by atoms with Crippen LogP contribution < -0.4 is 4.74 Å². The van der Waals surface area contributed by atoms with Crippen LogP contribution in [0.4, 0.5) is 0 Å². The van der Waals surface area contributed by atoms with Gasteiger partial charge in [-0.1, -0.05) is 26.0 Å². The molecule has 0 heterocycles. The molecule has 2 aromatic rings. The van der Waals surface area contributed by atoms with Crippen LogP contribution in [-0.2, 0) is 42.9 Å². The minimum absolute atomic E-state index is 0. The van der Waals surface area contributed by atoms with Gasteiger partial charge in [0.1, 0.15) is 0 Å². The topological polar surface area (TPSA) is 65.1 Å². The van der Waals surface area contributed by atoms with Crippen molar-refractivity contribution in [3.05, 3.63) is 65.2 Å². The molecule has 0 saturated heterocycles. The van der Waals surface area contributed by atoms with Crippen molar-refractivity contribution in [3.8, 4) is 5.75 Å². The molecule has 2 rings (SSSR count). The summed E-state index contributed by atoms with van der Waals surface area (Å²) in [5.41, 5.74) is 1.89. The van der Waals surface area contributed by atoms with Crippen molar-refractivity contribution in [1.82, 2.24) is 4.90 Å². The van der Waals surface area contributed by atoms with Crippen LogP contribution in [0.5, 0.6) is 5.75 Å². The summed E-state index contributed by atoms with van der Waals surface area (Å²) in [5.74, 6) is 0.146. The normalized spacial score (nSPS) is 12.6. The number of nitrogens with zero attached hydrogens (tertiary/aromatic N) is 1. The zero-order valence-electron chi connectivity index (χ0n) is 21.7. The smallest absolute Gasteiger partial charge is 0.338 e. The van der Waals surface area contributed by atoms with E-state index in [4.69, 9.17) is 14.2 Å². The molecule has 2 aromatic carbocycles. The van der Waals surface area contributed by atoms with Gasteiger partial charge in [0.25, 0.3) is 0 Å². The van der Waals surface area contributed by atoms with Gasteiger partial charge in [-0.3, -0.25) is 4.79 Å². The molecule has 7 heteroatoms. The van der Waals surface area contributed by atoms with Crippen LogP contribution in [0.15, 0.2) is 42.5 Å². The van der Waals surface area contributed by atoms with E-state index in [1.165, 1.54) is 12.7 Å². The first kappa shape index (κ1) is 30.7. The molecule has 0 bridgehead atoms. The summed E-state index contributed by atoms with van der Waals surface area (Å²) in [6.45, 7) is 8.01. The zero-order valence-corrected chi connectivity index (χ0v) is 22.7. The molecule has 0 aliphatic heterocycles. The molecule has 195 valence electrons. The molecule has 6 nitrogen and oxygen atoms in total. The van der Waals surface area contributed by atoms with Gasteiger partial charge in [0.15, 0.2) is 0 Å². The Labute approximate surface area is 220 Å². The number of hydrogen-bond donors (Lipinski definition) is 0. The molecule has 0 saturated carbocycles. The minimum Gasteiger partial charge on any atom is -0.523 e. The Balaban J connectivity index is 0.00000612. The minimum atomic E-state index is -0.749. The molecule has 0 N–H and O–H groups in total. The molecule has 0 spiro atoms. The van der Waals surface area contributed by atoms with Gasteiger partial charge in [0.2, 0.25) is 0 Å². The second-order valence-electron chi connectivity index (χ2n) is 8.84. The number of carbonyl (C=O) groups is 2. The average Bonchev–Trinajstić information content (AvgIpc) is 2.85. The van der Waals surface area contributed by atoms with Crippen molar-refractivity contribution in [2.75, 3.05) is 41.0 Å². The van der Waals surface area contributed by atoms with E-state index in [9.17, 15) is 9.59 Å². The van der Waals surface area contributed by atoms with E-state index in [1.807, 2.05) is 36.4 Å². The van der Waals surface area contributed by atoms with Crippen molar-refractivity contribution in [1.29, 1.82) is 0 Å². The van der Waals surface area contributed by atoms with E-state index in [-0.39, 0.29) is 34.6 Å². The molecule has 1 atom stereocenters. The van der Waals surface area contributed by atoms with Crippen molar-refractivity contribution < 1.29 is 40.6 Å². The number of hydrogen-bond acceptors (Lipinski definition) is 6. The summed E-state index contributed by atoms with van der Waals surface area (Å²) in [6.07, 6.45) is 2.38. The summed E-state index contributed by atoms with van der Waals surface area (Å²) in [7, 11) is 5.14. The summed E-state index contributed by atoms with van der Waals surface area (Å²) < 4.78 is 15.7. The summed E-state index contributed by atoms with van der Waals surface area (Å²) in [6, 6.07) is 16.2. The van der Waals surface area contributed by atoms with E-state index in [2.05, 4.69) is 31.9 Å². The molecule has 1 unspecified atom stereocenters. The van der Waals surface area contributed by atoms with Crippen molar-refractivity contribution >= 4 is 11.9 Å². The maximum absolute atomic E-state index is 13.1. The Bertz CT molecular complexity index is 931. The van der Waals surface area contributed by atoms with Gasteiger partial charge < -0.3 is 19.1 Å². The van der Waals surface area contributed by atoms with Gasteiger partial charge in [0, 0.05) is 29.1 Å². The number of carbonyl (C=O) groups excluding carboxylic acids is 2. The van der Waals surface area contributed by atoms with Gasteiger partial charge in [-0.05, 0) is 63.4 Å². The standard InChI is InChI=1S/C28H38NO5.Co/c1-7-34-26(30)23-14-12-22(13-15-23)16-19-29(4)18-9-17-28(21(2)3,27(31)33-6)24-10-8-11-25(20-24)32-5;/h8,10,12-15,20-21H,7,9,16-19H2,1-6H3;/q-1;. The van der Waals surface area contributed by atoms with E-state index >= 15 is 0 Å². The molecular formula is C28H38CoNO5-. The predicted molar refractivity (Wildman–Crippen MR) is 133 cm³/mol. The predicted octanol–water partition coefficient (Wildman–Crippen LogP) is 4.69. The second kappa shape index (κ2) is 14.9. The third-order valence-electron chi connectivity index (χ3n) is 6.40. The number of rotatable bonds is 13. The maximum atomic E-state index is 13.1. The van der Waals surface area contributed by atoms with Crippen molar-refractivity contribution in [3.63, 3.8) is 0 Å². The Kier molecular flexibility index (Phi) is 13.1. The van der Waals surface area contributed by atoms with Crippen LogP contribution >= 0.6 is 0 Å². The first-order valence-electron chi connectivity index (χ1n) is 11.9. The molecule has 0 aliphatic carbocycles. The number of methoxy groups -OCH3 is 2. The average molecular weight is 528 g/mol. The van der Waals surface area contributed by atoms with Crippen molar-refractivity contribution in [2.45, 2.75) is 45.4 Å². The molecule has 0 amide bonds. The van der Waals surface area contributed by atoms with Crippen LogP contribution in [0.1, 0.15) is 55.1 Å². The fraction of sp³-hybridized carbons (Fsp3) is 0.500. The number of esters is 2. The molecular weight excluding hydrogens is 489 g/mol. The monoisotopic (exact) mass is 527 g/mol. The van der Waals surface area contributed by atoms with Gasteiger partial charge in [-0.15, -0.1) is 17.7 Å². The summed E-state index contributed by atoms with van der Waals surface area (Å²) in [4.78, 5) is 27.1. The van der Waals surface area contributed by atoms with Gasteiger partial charge in [0.05, 0.1) is 31.8 Å². The summed E-state index contributed by atoms with van der Waals surface area (Å²) in [5, 5.41) is 0. The Morgan fingerprint density at radius 2 is 1.77 bits per heavy atom. The van der Waals surface area contributed by atoms with Crippen LogP contribution in [0.2, 0.25) is 0 Å². The van der Waals surface area contributed by atoms with Crippen LogP contribution in [0.3, 0.4) is 0 Å². The van der Waals surface area contributed by atoms with Gasteiger partial charge in [-0.2, -0.15) is 12.1 Å². The second-order valence-corrected chi connectivity index (χ2v) is 8.84. The van der Waals surface area contributed by atoms with Gasteiger partial charge in [-0.25, -0.2) is 4.79 Å². The van der Waals surface area contributed by atoms with E-state index in [1.54, 1.807) is 20.1 Å². The van der Waals surface area contributed by atoms with E-state index < -0.39 is 5.41 Å². The quantitative estimate of drug-likeness (QED) is 0.278. The first-order valence-corrected chi connectivity index (χ1v) is 11.9. The molecule has 0 fully saturated rings. The fourth-order valence-electron chi connectivity index (χ4n) is 4.33. The SMILES string of the molecule is CCOC(=O)c1ccc(CCN(C)CCCC(C(=O)OC)(c2cc[c-]c(OC)c2)C(C)C)cc1.[Co]. The molecule has 0 aliphatic rings. The third-order valence-corrected chi connectivity index (χ3v) is 6.40. The Hall–Kier alpha value is -2.35. The zero-order chi connectivity index (χ0) is 25.1. The van der Waals surface area contributed by atoms with Crippen LogP contribution in [0, 0.1) is 12.0 Å². The third kappa shape index (κ3) is 8.09. The number of benzene rings is 2. The van der Waals surface area contributed by atoms with E-state index in [0.29, 0.717) is 24.3 Å². The molecule has 0 aromatic heterocycles. The van der Waals surface area contributed by atoms with Crippen LogP contribution in [0.25, 0.3) is 0 Å². The molecule has 35 heavy (non-hydrogen) atoms. The summed E-state index contributed by atoms with van der Waals surface area (Å²) >= 11 is 0. The number of likely N-dealkylation sites (N-methyl/N-ethyl adjacent to an activating group) is 1. The van der Waals surface area contributed by atoms with Crippen LogP contribution in [-0.4, -0.2) is 57.8 Å². The maximum Gasteiger partial charge on any atom is 0.338 e. The fourth-order valence-corrected chi connectivity index (χ4v) is 4.33. The first-order chi connectivity index (χ1) is 16.3. The molecule has 1 radical (unpaired) electrons.